The normalized spacial score (nSPS) is 11.7. The first-order chi connectivity index (χ1) is 12.6. The minimum Gasteiger partial charge on any atom is -0.497 e. The molecule has 5 nitrogen and oxygen atoms in total. The maximum atomic E-state index is 12.9. The average Bonchev–Trinajstić information content (AvgIpc) is 3.15. The Balaban J connectivity index is 1.76. The molecular weight excluding hydrogens is 326 g/mol. The second kappa shape index (κ2) is 6.19. The SMILES string of the molecule is COc1ccc(/C=C/C(=O)c2c(C)nn3c4ccccc4n(C)c23)cc1. The number of hydrogen-bond donors (Lipinski definition) is 0. The number of aromatic nitrogens is 3. The molecule has 0 aliphatic carbocycles. The van der Waals surface area contributed by atoms with Gasteiger partial charge in [0.15, 0.2) is 5.78 Å². The summed E-state index contributed by atoms with van der Waals surface area (Å²) in [4.78, 5) is 12.9. The number of aryl methyl sites for hydroxylation is 2. The number of allylic oxidation sites excluding steroid dienone is 1. The van der Waals surface area contributed by atoms with Crippen LogP contribution in [0.3, 0.4) is 0 Å². The summed E-state index contributed by atoms with van der Waals surface area (Å²) >= 11 is 0. The molecule has 2 heterocycles. The number of para-hydroxylation sites is 2. The number of ketones is 1. The van der Waals surface area contributed by atoms with Crippen LogP contribution in [-0.4, -0.2) is 27.1 Å². The smallest absolute Gasteiger partial charge is 0.191 e. The number of imidazole rings is 1. The van der Waals surface area contributed by atoms with Gasteiger partial charge in [0.2, 0.25) is 0 Å². The Morgan fingerprint density at radius 1 is 1.08 bits per heavy atom. The lowest BCUT2D eigenvalue weighted by molar-refractivity contribution is 0.104. The summed E-state index contributed by atoms with van der Waals surface area (Å²) in [6, 6.07) is 15.6. The van der Waals surface area contributed by atoms with Crippen molar-refractivity contribution in [3.63, 3.8) is 0 Å². The van der Waals surface area contributed by atoms with Crippen LogP contribution in [-0.2, 0) is 7.05 Å². The average molecular weight is 345 g/mol. The first-order valence-corrected chi connectivity index (χ1v) is 8.39. The molecule has 0 N–H and O–H groups in total. The Kier molecular flexibility index (Phi) is 3.84. The summed E-state index contributed by atoms with van der Waals surface area (Å²) in [5.74, 6) is 0.734. The van der Waals surface area contributed by atoms with E-state index < -0.39 is 0 Å². The number of benzene rings is 2. The number of hydrogen-bond acceptors (Lipinski definition) is 3. The van der Waals surface area contributed by atoms with Gasteiger partial charge >= 0.3 is 0 Å². The van der Waals surface area contributed by atoms with E-state index in [0.29, 0.717) is 5.56 Å². The fraction of sp³-hybridized carbons (Fsp3) is 0.143. The van der Waals surface area contributed by atoms with Crippen LogP contribution < -0.4 is 4.74 Å². The van der Waals surface area contributed by atoms with Crippen molar-refractivity contribution in [2.75, 3.05) is 7.11 Å². The molecule has 0 radical (unpaired) electrons. The van der Waals surface area contributed by atoms with Crippen LogP contribution in [0, 0.1) is 6.92 Å². The van der Waals surface area contributed by atoms with Crippen LogP contribution in [0.1, 0.15) is 21.6 Å². The highest BCUT2D eigenvalue weighted by atomic mass is 16.5. The molecule has 0 amide bonds. The van der Waals surface area contributed by atoms with Crippen molar-refractivity contribution >= 4 is 28.5 Å². The Bertz CT molecular complexity index is 1150. The molecule has 0 bridgehead atoms. The van der Waals surface area contributed by atoms with Crippen LogP contribution in [0.5, 0.6) is 5.75 Å². The molecule has 0 unspecified atom stereocenters. The summed E-state index contributed by atoms with van der Waals surface area (Å²) in [5.41, 5.74) is 5.15. The fourth-order valence-electron chi connectivity index (χ4n) is 3.29. The number of methoxy groups -OCH3 is 1. The van der Waals surface area contributed by atoms with Gasteiger partial charge in [0.05, 0.1) is 29.4 Å². The number of carbonyl (C=O) groups excluding carboxylic acids is 1. The quantitative estimate of drug-likeness (QED) is 0.414. The van der Waals surface area contributed by atoms with E-state index in [1.807, 2.05) is 77.7 Å². The third kappa shape index (κ3) is 2.49. The van der Waals surface area contributed by atoms with Crippen LogP contribution in [0.2, 0.25) is 0 Å². The lowest BCUT2D eigenvalue weighted by Crippen LogP contribution is -1.99. The van der Waals surface area contributed by atoms with Crippen molar-refractivity contribution in [3.8, 4) is 5.75 Å². The van der Waals surface area contributed by atoms with E-state index in [1.165, 1.54) is 0 Å². The Morgan fingerprint density at radius 3 is 2.46 bits per heavy atom. The maximum Gasteiger partial charge on any atom is 0.191 e. The lowest BCUT2D eigenvalue weighted by Gasteiger charge is -2.00. The molecule has 4 aromatic rings. The molecular formula is C21H19N3O2. The van der Waals surface area contributed by atoms with Crippen LogP contribution >= 0.6 is 0 Å². The molecule has 0 atom stereocenters. The van der Waals surface area contributed by atoms with Gasteiger partial charge in [-0.25, -0.2) is 4.52 Å². The summed E-state index contributed by atoms with van der Waals surface area (Å²) in [6.45, 7) is 1.87. The molecule has 0 aliphatic rings. The van der Waals surface area contributed by atoms with Gasteiger partial charge in [-0.05, 0) is 42.8 Å². The van der Waals surface area contributed by atoms with Gasteiger partial charge < -0.3 is 9.30 Å². The molecule has 0 fully saturated rings. The second-order valence-electron chi connectivity index (χ2n) is 6.21. The van der Waals surface area contributed by atoms with E-state index in [2.05, 4.69) is 5.10 Å². The zero-order valence-electron chi connectivity index (χ0n) is 14.9. The van der Waals surface area contributed by atoms with E-state index in [1.54, 1.807) is 13.2 Å². The van der Waals surface area contributed by atoms with Gasteiger partial charge in [0.1, 0.15) is 11.4 Å². The van der Waals surface area contributed by atoms with Gasteiger partial charge in [0, 0.05) is 7.05 Å². The van der Waals surface area contributed by atoms with Crippen LogP contribution in [0.4, 0.5) is 0 Å². The number of fused-ring (bicyclic) bond motifs is 3. The van der Waals surface area contributed by atoms with E-state index in [4.69, 9.17) is 4.74 Å². The minimum atomic E-state index is -0.0563. The van der Waals surface area contributed by atoms with Crippen molar-refractivity contribution in [1.29, 1.82) is 0 Å². The number of carbonyl (C=O) groups is 1. The van der Waals surface area contributed by atoms with Gasteiger partial charge in [-0.3, -0.25) is 4.79 Å². The predicted octanol–water partition coefficient (Wildman–Crippen LogP) is 4.04. The Hall–Kier alpha value is -3.34. The molecule has 2 aromatic carbocycles. The van der Waals surface area contributed by atoms with Gasteiger partial charge in [-0.15, -0.1) is 0 Å². The number of rotatable bonds is 4. The first-order valence-electron chi connectivity index (χ1n) is 8.39. The molecule has 0 saturated heterocycles. The molecule has 4 rings (SSSR count). The third-order valence-corrected chi connectivity index (χ3v) is 4.61. The highest BCUT2D eigenvalue weighted by Crippen LogP contribution is 2.25. The molecule has 26 heavy (non-hydrogen) atoms. The van der Waals surface area contributed by atoms with Crippen LogP contribution in [0.15, 0.2) is 54.6 Å². The van der Waals surface area contributed by atoms with Crippen molar-refractivity contribution in [1.82, 2.24) is 14.2 Å². The predicted molar refractivity (Wildman–Crippen MR) is 103 cm³/mol. The van der Waals surface area contributed by atoms with Crippen molar-refractivity contribution in [2.45, 2.75) is 6.92 Å². The topological polar surface area (TPSA) is 48.5 Å². The Morgan fingerprint density at radius 2 is 1.77 bits per heavy atom. The summed E-state index contributed by atoms with van der Waals surface area (Å²) in [5, 5.41) is 4.59. The third-order valence-electron chi connectivity index (χ3n) is 4.61. The lowest BCUT2D eigenvalue weighted by atomic mass is 10.1. The second-order valence-corrected chi connectivity index (χ2v) is 6.21. The number of nitrogens with zero attached hydrogens (tertiary/aromatic N) is 3. The molecule has 0 spiro atoms. The van der Waals surface area contributed by atoms with Gasteiger partial charge in [0.25, 0.3) is 0 Å². The van der Waals surface area contributed by atoms with E-state index in [9.17, 15) is 4.79 Å². The van der Waals surface area contributed by atoms with E-state index in [0.717, 1.165) is 33.7 Å². The molecule has 0 aliphatic heterocycles. The molecule has 130 valence electrons. The molecule has 2 aromatic heterocycles. The standard InChI is InChI=1S/C21H19N3O2/c1-14-20(19(25)13-10-15-8-11-16(26-3)12-9-15)21-23(2)17-6-4-5-7-18(17)24(21)22-14/h4-13H,1-3H3/b13-10+. The van der Waals surface area contributed by atoms with Crippen molar-refractivity contribution in [3.05, 3.63) is 71.4 Å². The highest BCUT2D eigenvalue weighted by Gasteiger charge is 2.20. The summed E-state index contributed by atoms with van der Waals surface area (Å²) in [6.07, 6.45) is 3.41. The van der Waals surface area contributed by atoms with E-state index >= 15 is 0 Å². The maximum absolute atomic E-state index is 12.9. The number of ether oxygens (including phenoxy) is 1. The zero-order chi connectivity index (χ0) is 18.3. The zero-order valence-corrected chi connectivity index (χ0v) is 14.9. The monoisotopic (exact) mass is 345 g/mol. The minimum absolute atomic E-state index is 0.0563. The highest BCUT2D eigenvalue weighted by molar-refractivity contribution is 6.12. The van der Waals surface area contributed by atoms with Gasteiger partial charge in [-0.2, -0.15) is 5.10 Å². The fourth-order valence-corrected chi connectivity index (χ4v) is 3.29. The molecule has 5 heteroatoms. The largest absolute Gasteiger partial charge is 0.497 e. The molecule has 0 saturated carbocycles. The summed E-state index contributed by atoms with van der Waals surface area (Å²) < 4.78 is 9.02. The van der Waals surface area contributed by atoms with Crippen molar-refractivity contribution < 1.29 is 9.53 Å². The van der Waals surface area contributed by atoms with Crippen molar-refractivity contribution in [2.24, 2.45) is 7.05 Å². The van der Waals surface area contributed by atoms with Crippen LogP contribution in [0.25, 0.3) is 22.8 Å². The first kappa shape index (κ1) is 16.1. The summed E-state index contributed by atoms with van der Waals surface area (Å²) in [7, 11) is 3.59. The van der Waals surface area contributed by atoms with E-state index in [-0.39, 0.29) is 5.78 Å². The van der Waals surface area contributed by atoms with Gasteiger partial charge in [-0.1, -0.05) is 30.3 Å². The Labute approximate surface area is 151 Å².